The number of carbonyl (C=O) groups is 1. The number of benzene rings is 2. The average Bonchev–Trinajstić information content (AvgIpc) is 2.71. The van der Waals surface area contributed by atoms with Crippen LogP contribution in [0.25, 0.3) is 17.2 Å². The van der Waals surface area contributed by atoms with Crippen LogP contribution in [-0.2, 0) is 20.4 Å². The molecule has 166 valence electrons. The molecule has 0 spiro atoms. The summed E-state index contributed by atoms with van der Waals surface area (Å²) in [5, 5.41) is 22.1. The summed E-state index contributed by atoms with van der Waals surface area (Å²) in [5.41, 5.74) is 3.36. The first-order valence-corrected chi connectivity index (χ1v) is 10.6. The Morgan fingerprint density at radius 3 is 2.35 bits per heavy atom. The Balaban J connectivity index is 2.20. The van der Waals surface area contributed by atoms with E-state index in [0.29, 0.717) is 23.5 Å². The molecule has 0 bridgehead atoms. The zero-order valence-corrected chi connectivity index (χ0v) is 19.2. The number of ether oxygens (including phenoxy) is 2. The molecular weight excluding hydrogens is 392 g/mol. The fourth-order valence-corrected chi connectivity index (χ4v) is 4.36. The van der Waals surface area contributed by atoms with Gasteiger partial charge in [-0.25, -0.2) is 4.79 Å². The summed E-state index contributed by atoms with van der Waals surface area (Å²) < 4.78 is 10.5. The highest BCUT2D eigenvalue weighted by Gasteiger charge is 2.40. The van der Waals surface area contributed by atoms with Gasteiger partial charge in [0.1, 0.15) is 5.75 Å². The molecule has 0 fully saturated rings. The molecule has 2 N–H and O–H groups in total. The predicted octanol–water partition coefficient (Wildman–Crippen LogP) is 5.70. The van der Waals surface area contributed by atoms with Gasteiger partial charge in [-0.3, -0.25) is 0 Å². The molecule has 5 nitrogen and oxygen atoms in total. The van der Waals surface area contributed by atoms with Gasteiger partial charge in [0.25, 0.3) is 0 Å². The highest BCUT2D eigenvalue weighted by molar-refractivity contribution is 5.88. The van der Waals surface area contributed by atoms with E-state index >= 15 is 0 Å². The van der Waals surface area contributed by atoms with Gasteiger partial charge in [-0.2, -0.15) is 0 Å². The number of hydrogen-bond donors (Lipinski definition) is 2. The SMILES string of the molecule is CCOC(=O)C=Cc1ccc(OC)c(-c2cc3c(c(O)c2O)C(C)(C)CCC3(C)C)c1. The molecule has 0 aromatic heterocycles. The van der Waals surface area contributed by atoms with E-state index in [2.05, 4.69) is 27.7 Å². The fourth-order valence-electron chi connectivity index (χ4n) is 4.36. The Bertz CT molecular complexity index is 1030. The molecule has 0 atom stereocenters. The van der Waals surface area contributed by atoms with Crippen molar-refractivity contribution in [3.8, 4) is 28.4 Å². The molecule has 0 radical (unpaired) electrons. The first-order valence-electron chi connectivity index (χ1n) is 10.6. The molecule has 0 heterocycles. The Morgan fingerprint density at radius 2 is 1.71 bits per heavy atom. The maximum Gasteiger partial charge on any atom is 0.330 e. The first-order chi connectivity index (χ1) is 14.5. The third-order valence-electron chi connectivity index (χ3n) is 6.27. The van der Waals surface area contributed by atoms with Crippen LogP contribution in [0.2, 0.25) is 0 Å². The van der Waals surface area contributed by atoms with Crippen molar-refractivity contribution in [1.82, 2.24) is 0 Å². The van der Waals surface area contributed by atoms with Gasteiger partial charge in [0.15, 0.2) is 11.5 Å². The van der Waals surface area contributed by atoms with Gasteiger partial charge in [0.05, 0.1) is 13.7 Å². The third kappa shape index (κ3) is 4.27. The van der Waals surface area contributed by atoms with Crippen LogP contribution in [0.1, 0.15) is 64.2 Å². The Kier molecular flexibility index (Phi) is 6.08. The van der Waals surface area contributed by atoms with Crippen molar-refractivity contribution in [3.05, 3.63) is 47.0 Å². The van der Waals surface area contributed by atoms with Crippen molar-refractivity contribution in [1.29, 1.82) is 0 Å². The van der Waals surface area contributed by atoms with Gasteiger partial charge in [-0.1, -0.05) is 33.8 Å². The van der Waals surface area contributed by atoms with E-state index in [1.807, 2.05) is 18.2 Å². The second-order valence-corrected chi connectivity index (χ2v) is 9.36. The highest BCUT2D eigenvalue weighted by Crippen LogP contribution is 2.55. The minimum Gasteiger partial charge on any atom is -0.504 e. The van der Waals surface area contributed by atoms with Crippen LogP contribution >= 0.6 is 0 Å². The lowest BCUT2D eigenvalue weighted by atomic mass is 9.62. The number of aromatic hydroxyl groups is 2. The van der Waals surface area contributed by atoms with Crippen molar-refractivity contribution in [2.24, 2.45) is 0 Å². The van der Waals surface area contributed by atoms with Crippen molar-refractivity contribution < 1.29 is 24.5 Å². The van der Waals surface area contributed by atoms with E-state index in [-0.39, 0.29) is 22.3 Å². The molecule has 0 saturated heterocycles. The molecule has 0 amide bonds. The van der Waals surface area contributed by atoms with Crippen molar-refractivity contribution in [2.75, 3.05) is 13.7 Å². The van der Waals surface area contributed by atoms with E-state index in [9.17, 15) is 15.0 Å². The number of rotatable bonds is 5. The molecule has 5 heteroatoms. The summed E-state index contributed by atoms with van der Waals surface area (Å²) in [6.45, 7) is 10.6. The lowest BCUT2D eigenvalue weighted by molar-refractivity contribution is -0.137. The number of hydrogen-bond acceptors (Lipinski definition) is 5. The zero-order valence-electron chi connectivity index (χ0n) is 19.2. The number of fused-ring (bicyclic) bond motifs is 1. The van der Waals surface area contributed by atoms with Crippen molar-refractivity contribution in [2.45, 2.75) is 58.3 Å². The molecule has 0 aliphatic heterocycles. The summed E-state index contributed by atoms with van der Waals surface area (Å²) in [5.74, 6) is -0.0805. The summed E-state index contributed by atoms with van der Waals surface area (Å²) in [6, 6.07) is 7.41. The molecule has 1 aliphatic carbocycles. The van der Waals surface area contributed by atoms with Crippen LogP contribution in [0.3, 0.4) is 0 Å². The Hall–Kier alpha value is -2.95. The normalized spacial score (nSPS) is 16.7. The van der Waals surface area contributed by atoms with Gasteiger partial charge in [0.2, 0.25) is 0 Å². The van der Waals surface area contributed by atoms with Crippen LogP contribution in [0.4, 0.5) is 0 Å². The summed E-state index contributed by atoms with van der Waals surface area (Å²) in [7, 11) is 1.56. The monoisotopic (exact) mass is 424 g/mol. The minimum atomic E-state index is -0.418. The lowest BCUT2D eigenvalue weighted by Crippen LogP contribution is -2.34. The molecule has 0 saturated carbocycles. The van der Waals surface area contributed by atoms with Gasteiger partial charge in [-0.05, 0) is 66.0 Å². The van der Waals surface area contributed by atoms with Crippen LogP contribution in [-0.4, -0.2) is 29.9 Å². The largest absolute Gasteiger partial charge is 0.504 e. The van der Waals surface area contributed by atoms with Crippen LogP contribution in [0.5, 0.6) is 17.2 Å². The van der Waals surface area contributed by atoms with Gasteiger partial charge < -0.3 is 19.7 Å². The number of esters is 1. The molecule has 2 aromatic carbocycles. The highest BCUT2D eigenvalue weighted by atomic mass is 16.5. The molecule has 1 aliphatic rings. The quantitative estimate of drug-likeness (QED) is 0.366. The van der Waals surface area contributed by atoms with Gasteiger partial charge in [0, 0.05) is 22.8 Å². The van der Waals surface area contributed by atoms with E-state index in [1.54, 1.807) is 26.2 Å². The second kappa shape index (κ2) is 8.29. The summed E-state index contributed by atoms with van der Waals surface area (Å²) >= 11 is 0. The van der Waals surface area contributed by atoms with Gasteiger partial charge in [-0.15, -0.1) is 0 Å². The third-order valence-corrected chi connectivity index (χ3v) is 6.27. The molecule has 3 rings (SSSR count). The summed E-state index contributed by atoms with van der Waals surface area (Å²) in [6.07, 6.45) is 4.93. The second-order valence-electron chi connectivity index (χ2n) is 9.36. The zero-order chi connectivity index (χ0) is 23.0. The van der Waals surface area contributed by atoms with Crippen molar-refractivity contribution in [3.63, 3.8) is 0 Å². The molecule has 0 unspecified atom stereocenters. The van der Waals surface area contributed by atoms with Crippen molar-refractivity contribution >= 4 is 12.0 Å². The van der Waals surface area contributed by atoms with Gasteiger partial charge >= 0.3 is 5.97 Å². The number of phenolic OH excluding ortho intramolecular Hbond substituents is 2. The minimum absolute atomic E-state index is 0.0696. The van der Waals surface area contributed by atoms with E-state index < -0.39 is 5.97 Å². The lowest BCUT2D eigenvalue weighted by Gasteiger charge is -2.42. The van der Waals surface area contributed by atoms with Crippen LogP contribution in [0, 0.1) is 0 Å². The molecule has 31 heavy (non-hydrogen) atoms. The molecule has 2 aromatic rings. The van der Waals surface area contributed by atoms with Crippen LogP contribution < -0.4 is 4.74 Å². The average molecular weight is 425 g/mol. The maximum absolute atomic E-state index is 11.7. The Morgan fingerprint density at radius 1 is 1.03 bits per heavy atom. The predicted molar refractivity (Wildman–Crippen MR) is 123 cm³/mol. The smallest absolute Gasteiger partial charge is 0.330 e. The molecular formula is C26H32O5. The van der Waals surface area contributed by atoms with Crippen LogP contribution in [0.15, 0.2) is 30.3 Å². The number of phenols is 2. The van der Waals surface area contributed by atoms with E-state index in [1.165, 1.54) is 6.08 Å². The standard InChI is InChI=1S/C26H32O5/c1-7-31-21(27)11-9-16-8-10-20(30-6)17(14-16)18-15-19-22(24(29)23(18)28)26(4,5)13-12-25(19,2)3/h8-11,14-15,28-29H,7,12-13H2,1-6H3. The maximum atomic E-state index is 11.7. The van der Waals surface area contributed by atoms with E-state index in [0.717, 1.165) is 29.5 Å². The number of carbonyl (C=O) groups excluding carboxylic acids is 1. The summed E-state index contributed by atoms with van der Waals surface area (Å²) in [4.78, 5) is 11.7. The first kappa shape index (κ1) is 22.7. The van der Waals surface area contributed by atoms with E-state index in [4.69, 9.17) is 9.47 Å². The fraction of sp³-hybridized carbons (Fsp3) is 0.423. The Labute approximate surface area is 184 Å². The topological polar surface area (TPSA) is 76.0 Å². The number of methoxy groups -OCH3 is 1.